The molecular formula is C12H18BrNO2. The van der Waals surface area contributed by atoms with Crippen LogP contribution in [-0.4, -0.2) is 36.8 Å². The molecule has 1 aromatic rings. The lowest BCUT2D eigenvalue weighted by atomic mass is 10.2. The molecule has 0 spiro atoms. The maximum absolute atomic E-state index is 9.44. The van der Waals surface area contributed by atoms with Crippen molar-refractivity contribution in [1.29, 1.82) is 0 Å². The smallest absolute Gasteiger partial charge is 0.115 e. The summed E-state index contributed by atoms with van der Waals surface area (Å²) >= 11 is 3.49. The lowest BCUT2D eigenvalue weighted by Crippen LogP contribution is -2.26. The summed E-state index contributed by atoms with van der Waals surface area (Å²) in [7, 11) is 1.71. The first-order valence-corrected chi connectivity index (χ1v) is 6.15. The summed E-state index contributed by atoms with van der Waals surface area (Å²) in [5, 5.41) is 9.44. The van der Waals surface area contributed by atoms with Crippen LogP contribution in [0.1, 0.15) is 12.5 Å². The predicted molar refractivity (Wildman–Crippen MR) is 68.6 cm³/mol. The van der Waals surface area contributed by atoms with Gasteiger partial charge in [0.1, 0.15) is 5.75 Å². The molecule has 0 amide bonds. The second kappa shape index (κ2) is 6.89. The molecule has 0 aromatic heterocycles. The zero-order valence-corrected chi connectivity index (χ0v) is 11.3. The molecule has 0 bridgehead atoms. The Bertz CT molecular complexity index is 331. The van der Waals surface area contributed by atoms with Gasteiger partial charge in [0, 0.05) is 24.7 Å². The number of nitrogens with zero attached hydrogens (tertiary/aromatic N) is 1. The number of phenolic OH excluding ortho intramolecular Hbond substituents is 1. The van der Waals surface area contributed by atoms with E-state index in [1.54, 1.807) is 19.2 Å². The summed E-state index contributed by atoms with van der Waals surface area (Å²) in [4.78, 5) is 2.27. The molecule has 1 rings (SSSR count). The average molecular weight is 288 g/mol. The first kappa shape index (κ1) is 13.5. The molecule has 16 heavy (non-hydrogen) atoms. The van der Waals surface area contributed by atoms with Gasteiger partial charge in [-0.1, -0.05) is 22.9 Å². The standard InChI is InChI=1S/C12H18BrNO2/c1-3-14(6-7-16-2)9-10-8-11(15)4-5-12(10)13/h4-5,8,15H,3,6-7,9H2,1-2H3. The largest absolute Gasteiger partial charge is 0.508 e. The molecule has 0 heterocycles. The highest BCUT2D eigenvalue weighted by atomic mass is 79.9. The van der Waals surface area contributed by atoms with Crippen LogP contribution >= 0.6 is 15.9 Å². The highest BCUT2D eigenvalue weighted by molar-refractivity contribution is 9.10. The van der Waals surface area contributed by atoms with Gasteiger partial charge in [-0.2, -0.15) is 0 Å². The Morgan fingerprint density at radius 1 is 1.44 bits per heavy atom. The molecule has 1 aromatic carbocycles. The number of phenols is 1. The fourth-order valence-corrected chi connectivity index (χ4v) is 1.86. The van der Waals surface area contributed by atoms with E-state index in [9.17, 15) is 5.11 Å². The van der Waals surface area contributed by atoms with Crippen LogP contribution in [0.5, 0.6) is 5.75 Å². The van der Waals surface area contributed by atoms with E-state index in [1.807, 2.05) is 6.07 Å². The molecule has 0 aliphatic carbocycles. The first-order chi connectivity index (χ1) is 7.67. The van der Waals surface area contributed by atoms with Crippen molar-refractivity contribution in [3.8, 4) is 5.75 Å². The van der Waals surface area contributed by atoms with E-state index in [0.29, 0.717) is 5.75 Å². The van der Waals surface area contributed by atoms with Crippen LogP contribution in [0, 0.1) is 0 Å². The summed E-state index contributed by atoms with van der Waals surface area (Å²) in [6, 6.07) is 5.34. The van der Waals surface area contributed by atoms with Crippen LogP contribution in [0.15, 0.2) is 22.7 Å². The van der Waals surface area contributed by atoms with Crippen molar-refractivity contribution < 1.29 is 9.84 Å². The van der Waals surface area contributed by atoms with E-state index in [0.717, 1.165) is 36.3 Å². The third-order valence-corrected chi connectivity index (χ3v) is 3.26. The van der Waals surface area contributed by atoms with Crippen molar-refractivity contribution in [3.63, 3.8) is 0 Å². The molecule has 3 nitrogen and oxygen atoms in total. The molecule has 0 saturated heterocycles. The summed E-state index contributed by atoms with van der Waals surface area (Å²) < 4.78 is 6.09. The zero-order valence-electron chi connectivity index (χ0n) is 9.74. The third kappa shape index (κ3) is 4.12. The molecule has 1 N–H and O–H groups in total. The van der Waals surface area contributed by atoms with Gasteiger partial charge in [-0.25, -0.2) is 0 Å². The van der Waals surface area contributed by atoms with Gasteiger partial charge < -0.3 is 9.84 Å². The first-order valence-electron chi connectivity index (χ1n) is 5.36. The lowest BCUT2D eigenvalue weighted by Gasteiger charge is -2.20. The summed E-state index contributed by atoms with van der Waals surface area (Å²) in [5.74, 6) is 0.306. The van der Waals surface area contributed by atoms with Crippen LogP contribution in [0.25, 0.3) is 0 Å². The minimum Gasteiger partial charge on any atom is -0.508 e. The van der Waals surface area contributed by atoms with Crippen LogP contribution in [-0.2, 0) is 11.3 Å². The Morgan fingerprint density at radius 3 is 2.81 bits per heavy atom. The van der Waals surface area contributed by atoms with Crippen molar-refractivity contribution >= 4 is 15.9 Å². The van der Waals surface area contributed by atoms with Gasteiger partial charge in [0.25, 0.3) is 0 Å². The molecule has 0 aliphatic heterocycles. The van der Waals surface area contributed by atoms with Crippen LogP contribution in [0.4, 0.5) is 0 Å². The molecule has 0 atom stereocenters. The van der Waals surface area contributed by atoms with Crippen LogP contribution in [0.2, 0.25) is 0 Å². The highest BCUT2D eigenvalue weighted by Crippen LogP contribution is 2.22. The Kier molecular flexibility index (Phi) is 5.80. The van der Waals surface area contributed by atoms with Gasteiger partial charge in [-0.3, -0.25) is 4.90 Å². The van der Waals surface area contributed by atoms with Gasteiger partial charge in [-0.15, -0.1) is 0 Å². The van der Waals surface area contributed by atoms with Crippen molar-refractivity contribution in [3.05, 3.63) is 28.2 Å². The van der Waals surface area contributed by atoms with E-state index < -0.39 is 0 Å². The molecular weight excluding hydrogens is 270 g/mol. The van der Waals surface area contributed by atoms with Gasteiger partial charge >= 0.3 is 0 Å². The molecule has 4 heteroatoms. The Labute approximate surface area is 105 Å². The number of ether oxygens (including phenoxy) is 1. The number of rotatable bonds is 6. The fourth-order valence-electron chi connectivity index (χ4n) is 1.49. The minimum atomic E-state index is 0.306. The second-order valence-corrected chi connectivity index (χ2v) is 4.49. The fraction of sp³-hybridized carbons (Fsp3) is 0.500. The van der Waals surface area contributed by atoms with E-state index in [-0.39, 0.29) is 0 Å². The maximum atomic E-state index is 9.44. The number of halogens is 1. The molecule has 0 radical (unpaired) electrons. The van der Waals surface area contributed by atoms with Crippen molar-refractivity contribution in [1.82, 2.24) is 4.90 Å². The normalized spacial score (nSPS) is 11.0. The molecule has 0 aliphatic rings. The van der Waals surface area contributed by atoms with E-state index >= 15 is 0 Å². The van der Waals surface area contributed by atoms with E-state index in [2.05, 4.69) is 27.8 Å². The summed E-state index contributed by atoms with van der Waals surface area (Å²) in [6.07, 6.45) is 0. The Hall–Kier alpha value is -0.580. The van der Waals surface area contributed by atoms with Crippen LogP contribution < -0.4 is 0 Å². The van der Waals surface area contributed by atoms with Crippen LogP contribution in [0.3, 0.4) is 0 Å². The Balaban J connectivity index is 2.65. The summed E-state index contributed by atoms with van der Waals surface area (Å²) in [6.45, 7) is 5.52. The SMILES string of the molecule is CCN(CCOC)Cc1cc(O)ccc1Br. The van der Waals surface area contributed by atoms with Gasteiger partial charge in [0.05, 0.1) is 6.61 Å². The molecule has 0 fully saturated rings. The van der Waals surface area contributed by atoms with E-state index in [1.165, 1.54) is 0 Å². The molecule has 90 valence electrons. The lowest BCUT2D eigenvalue weighted by molar-refractivity contribution is 0.147. The number of aromatic hydroxyl groups is 1. The van der Waals surface area contributed by atoms with Crippen molar-refractivity contribution in [2.24, 2.45) is 0 Å². The highest BCUT2D eigenvalue weighted by Gasteiger charge is 2.07. The number of hydrogen-bond acceptors (Lipinski definition) is 3. The number of benzene rings is 1. The monoisotopic (exact) mass is 287 g/mol. The average Bonchev–Trinajstić information content (AvgIpc) is 2.28. The zero-order chi connectivity index (χ0) is 12.0. The quantitative estimate of drug-likeness (QED) is 0.873. The number of likely N-dealkylation sites (N-methyl/N-ethyl adjacent to an activating group) is 1. The topological polar surface area (TPSA) is 32.7 Å². The Morgan fingerprint density at radius 2 is 2.19 bits per heavy atom. The van der Waals surface area contributed by atoms with Gasteiger partial charge in [0.15, 0.2) is 0 Å². The van der Waals surface area contributed by atoms with E-state index in [4.69, 9.17) is 4.74 Å². The second-order valence-electron chi connectivity index (χ2n) is 3.64. The minimum absolute atomic E-state index is 0.306. The van der Waals surface area contributed by atoms with Gasteiger partial charge in [0.2, 0.25) is 0 Å². The van der Waals surface area contributed by atoms with Gasteiger partial charge in [-0.05, 0) is 30.3 Å². The van der Waals surface area contributed by atoms with Crippen molar-refractivity contribution in [2.45, 2.75) is 13.5 Å². The third-order valence-electron chi connectivity index (χ3n) is 2.48. The maximum Gasteiger partial charge on any atom is 0.115 e. The number of hydrogen-bond donors (Lipinski definition) is 1. The number of methoxy groups -OCH3 is 1. The summed E-state index contributed by atoms with van der Waals surface area (Å²) in [5.41, 5.74) is 1.10. The predicted octanol–water partition coefficient (Wildman–Crippen LogP) is 2.62. The van der Waals surface area contributed by atoms with Crippen molar-refractivity contribution in [2.75, 3.05) is 26.8 Å². The molecule has 0 unspecified atom stereocenters. The molecule has 0 saturated carbocycles.